The SMILES string of the molecule is COC(=O)Cn1nc(-c2ccco2)oc1=O. The predicted octanol–water partition coefficient (Wildman–Crippen LogP) is 0.269. The minimum absolute atomic E-state index is 0.0268. The Morgan fingerprint density at radius 3 is 3.06 bits per heavy atom. The van der Waals surface area contributed by atoms with Crippen LogP contribution in [0.3, 0.4) is 0 Å². The van der Waals surface area contributed by atoms with Crippen LogP contribution >= 0.6 is 0 Å². The summed E-state index contributed by atoms with van der Waals surface area (Å²) in [5.74, 6) is -0.974. The number of rotatable bonds is 3. The van der Waals surface area contributed by atoms with E-state index in [1.165, 1.54) is 13.4 Å². The second kappa shape index (κ2) is 4.05. The Morgan fingerprint density at radius 1 is 1.62 bits per heavy atom. The minimum atomic E-state index is -0.739. The highest BCUT2D eigenvalue weighted by molar-refractivity contribution is 5.68. The quantitative estimate of drug-likeness (QED) is 0.695. The molecule has 0 saturated heterocycles. The zero-order chi connectivity index (χ0) is 11.5. The lowest BCUT2D eigenvalue weighted by molar-refractivity contribution is -0.141. The van der Waals surface area contributed by atoms with Gasteiger partial charge in [0.1, 0.15) is 6.54 Å². The average molecular weight is 224 g/mol. The molecule has 0 N–H and O–H groups in total. The number of hydrogen-bond donors (Lipinski definition) is 0. The number of ether oxygens (including phenoxy) is 1. The van der Waals surface area contributed by atoms with Crippen molar-refractivity contribution in [1.29, 1.82) is 0 Å². The van der Waals surface area contributed by atoms with Crippen molar-refractivity contribution in [3.63, 3.8) is 0 Å². The van der Waals surface area contributed by atoms with Gasteiger partial charge in [0, 0.05) is 0 Å². The summed E-state index contributed by atoms with van der Waals surface area (Å²) in [5, 5.41) is 3.78. The van der Waals surface area contributed by atoms with Crippen LogP contribution in [-0.2, 0) is 16.1 Å². The van der Waals surface area contributed by atoms with Crippen LogP contribution in [0.4, 0.5) is 0 Å². The van der Waals surface area contributed by atoms with Gasteiger partial charge in [-0.05, 0) is 12.1 Å². The summed E-state index contributed by atoms with van der Waals surface area (Å²) in [6.07, 6.45) is 1.43. The summed E-state index contributed by atoms with van der Waals surface area (Å²) in [5.41, 5.74) is 0. The van der Waals surface area contributed by atoms with Crippen molar-refractivity contribution in [3.05, 3.63) is 28.9 Å². The van der Waals surface area contributed by atoms with E-state index in [0.29, 0.717) is 5.76 Å². The summed E-state index contributed by atoms with van der Waals surface area (Å²) >= 11 is 0. The number of esters is 1. The molecule has 7 heteroatoms. The second-order valence-corrected chi connectivity index (χ2v) is 2.88. The molecule has 7 nitrogen and oxygen atoms in total. The fourth-order valence-electron chi connectivity index (χ4n) is 1.09. The molecule has 0 radical (unpaired) electrons. The number of furan rings is 1. The average Bonchev–Trinajstić information content (AvgIpc) is 2.88. The maximum atomic E-state index is 11.3. The molecule has 0 spiro atoms. The number of carbonyl (C=O) groups excluding carboxylic acids is 1. The van der Waals surface area contributed by atoms with Crippen LogP contribution in [-0.4, -0.2) is 22.9 Å². The van der Waals surface area contributed by atoms with Gasteiger partial charge in [0.2, 0.25) is 0 Å². The van der Waals surface area contributed by atoms with Crippen molar-refractivity contribution in [2.75, 3.05) is 7.11 Å². The summed E-state index contributed by atoms with van der Waals surface area (Å²) in [7, 11) is 1.22. The van der Waals surface area contributed by atoms with Crippen LogP contribution in [0.5, 0.6) is 0 Å². The van der Waals surface area contributed by atoms with Crippen molar-refractivity contribution >= 4 is 5.97 Å². The predicted molar refractivity (Wildman–Crippen MR) is 50.5 cm³/mol. The Balaban J connectivity index is 2.29. The molecular weight excluding hydrogens is 216 g/mol. The number of methoxy groups -OCH3 is 1. The topological polar surface area (TPSA) is 87.5 Å². The van der Waals surface area contributed by atoms with Crippen molar-refractivity contribution in [2.24, 2.45) is 0 Å². The zero-order valence-corrected chi connectivity index (χ0v) is 8.37. The summed E-state index contributed by atoms with van der Waals surface area (Å²) in [4.78, 5) is 22.2. The molecule has 84 valence electrons. The van der Waals surface area contributed by atoms with E-state index in [1.54, 1.807) is 12.1 Å². The van der Waals surface area contributed by atoms with Crippen LogP contribution in [0.15, 0.2) is 32.0 Å². The van der Waals surface area contributed by atoms with E-state index < -0.39 is 11.7 Å². The Bertz CT molecular complexity index is 537. The minimum Gasteiger partial charge on any atom is -0.468 e. The molecule has 0 aromatic carbocycles. The van der Waals surface area contributed by atoms with Gasteiger partial charge in [-0.3, -0.25) is 4.79 Å². The number of aromatic nitrogens is 2. The molecule has 0 bridgehead atoms. The zero-order valence-electron chi connectivity index (χ0n) is 8.37. The molecular formula is C9H8N2O5. The third-order valence-corrected chi connectivity index (χ3v) is 1.84. The van der Waals surface area contributed by atoms with Crippen LogP contribution < -0.4 is 5.76 Å². The van der Waals surface area contributed by atoms with E-state index >= 15 is 0 Å². The molecule has 0 aliphatic carbocycles. The first-order valence-corrected chi connectivity index (χ1v) is 4.39. The van der Waals surface area contributed by atoms with Gasteiger partial charge in [-0.25, -0.2) is 4.79 Å². The highest BCUT2D eigenvalue weighted by atomic mass is 16.5. The van der Waals surface area contributed by atoms with Crippen molar-refractivity contribution in [3.8, 4) is 11.7 Å². The van der Waals surface area contributed by atoms with Gasteiger partial charge in [0.25, 0.3) is 5.89 Å². The van der Waals surface area contributed by atoms with Gasteiger partial charge < -0.3 is 13.6 Å². The van der Waals surface area contributed by atoms with E-state index in [9.17, 15) is 9.59 Å². The molecule has 0 fully saturated rings. The molecule has 2 aromatic rings. The Morgan fingerprint density at radius 2 is 2.44 bits per heavy atom. The molecule has 2 heterocycles. The van der Waals surface area contributed by atoms with Gasteiger partial charge in [-0.15, -0.1) is 5.10 Å². The molecule has 0 aliphatic heterocycles. The second-order valence-electron chi connectivity index (χ2n) is 2.88. The van der Waals surface area contributed by atoms with Crippen LogP contribution in [0.1, 0.15) is 0 Å². The smallest absolute Gasteiger partial charge is 0.438 e. The van der Waals surface area contributed by atoms with Crippen molar-refractivity contribution in [1.82, 2.24) is 9.78 Å². The first-order valence-electron chi connectivity index (χ1n) is 4.39. The molecule has 2 aromatic heterocycles. The first kappa shape index (κ1) is 10.2. The summed E-state index contributed by atoms with van der Waals surface area (Å²) in [6, 6.07) is 3.22. The first-order chi connectivity index (χ1) is 7.70. The number of carbonyl (C=O) groups is 1. The summed E-state index contributed by atoms with van der Waals surface area (Å²) < 4.78 is 15.1. The fraction of sp³-hybridized carbons (Fsp3) is 0.222. The maximum absolute atomic E-state index is 11.3. The van der Waals surface area contributed by atoms with Crippen molar-refractivity contribution < 1.29 is 18.4 Å². The van der Waals surface area contributed by atoms with Gasteiger partial charge in [-0.2, -0.15) is 4.68 Å². The molecule has 16 heavy (non-hydrogen) atoms. The van der Waals surface area contributed by atoms with Crippen LogP contribution in [0, 0.1) is 0 Å². The standard InChI is InChI=1S/C9H8N2O5/c1-14-7(12)5-11-9(13)16-8(10-11)6-3-2-4-15-6/h2-4H,5H2,1H3. The Labute approximate surface area is 89.2 Å². The van der Waals surface area contributed by atoms with E-state index in [2.05, 4.69) is 9.84 Å². The van der Waals surface area contributed by atoms with E-state index in [1.807, 2.05) is 0 Å². The van der Waals surface area contributed by atoms with Gasteiger partial charge in [-0.1, -0.05) is 0 Å². The van der Waals surface area contributed by atoms with Gasteiger partial charge in [0.05, 0.1) is 13.4 Å². The third kappa shape index (κ3) is 1.88. The van der Waals surface area contributed by atoms with E-state index in [0.717, 1.165) is 4.68 Å². The van der Waals surface area contributed by atoms with E-state index in [-0.39, 0.29) is 12.4 Å². The Kier molecular flexibility index (Phi) is 2.59. The molecule has 0 atom stereocenters. The van der Waals surface area contributed by atoms with E-state index in [4.69, 9.17) is 8.83 Å². The lowest BCUT2D eigenvalue weighted by Gasteiger charge is -1.95. The largest absolute Gasteiger partial charge is 0.468 e. The van der Waals surface area contributed by atoms with Gasteiger partial charge in [0.15, 0.2) is 5.76 Å². The lowest BCUT2D eigenvalue weighted by Crippen LogP contribution is -2.22. The monoisotopic (exact) mass is 224 g/mol. The molecule has 0 amide bonds. The maximum Gasteiger partial charge on any atom is 0.438 e. The normalized spacial score (nSPS) is 10.3. The molecule has 2 rings (SSSR count). The van der Waals surface area contributed by atoms with Crippen LogP contribution in [0.25, 0.3) is 11.7 Å². The number of nitrogens with zero attached hydrogens (tertiary/aromatic N) is 2. The Hall–Kier alpha value is -2.31. The molecule has 0 aliphatic rings. The number of hydrogen-bond acceptors (Lipinski definition) is 6. The third-order valence-electron chi connectivity index (χ3n) is 1.84. The lowest BCUT2D eigenvalue weighted by atomic mass is 10.5. The molecule has 0 unspecified atom stereocenters. The fourth-order valence-corrected chi connectivity index (χ4v) is 1.09. The summed E-state index contributed by atoms with van der Waals surface area (Å²) in [6.45, 7) is -0.292. The van der Waals surface area contributed by atoms with Gasteiger partial charge >= 0.3 is 11.7 Å². The highest BCUT2D eigenvalue weighted by Gasteiger charge is 2.14. The van der Waals surface area contributed by atoms with Crippen molar-refractivity contribution in [2.45, 2.75) is 6.54 Å². The highest BCUT2D eigenvalue weighted by Crippen LogP contribution is 2.14. The molecule has 0 saturated carbocycles. The van der Waals surface area contributed by atoms with Crippen LogP contribution in [0.2, 0.25) is 0 Å².